The number of nitrogens with zero attached hydrogens (tertiary/aromatic N) is 5. The molecular formula is C42H45F2N7O4. The number of aliphatic hydroxyl groups excluding tert-OH is 1. The van der Waals surface area contributed by atoms with Crippen molar-refractivity contribution in [1.29, 1.82) is 5.26 Å². The molecule has 4 aliphatic rings. The number of benzene rings is 3. The number of fused-ring (bicyclic) bond motifs is 3. The molecule has 8 rings (SSSR count). The van der Waals surface area contributed by atoms with E-state index in [0.29, 0.717) is 59.3 Å². The highest BCUT2D eigenvalue weighted by molar-refractivity contribution is 6.10. The van der Waals surface area contributed by atoms with Crippen molar-refractivity contribution in [3.05, 3.63) is 112 Å². The lowest BCUT2D eigenvalue weighted by Gasteiger charge is -2.31. The van der Waals surface area contributed by atoms with E-state index in [1.54, 1.807) is 30.3 Å². The summed E-state index contributed by atoms with van der Waals surface area (Å²) in [6.07, 6.45) is 10.6. The highest BCUT2D eigenvalue weighted by atomic mass is 19.1. The van der Waals surface area contributed by atoms with E-state index >= 15 is 0 Å². The molecule has 3 aromatic carbocycles. The number of hydrogen-bond donors (Lipinski definition) is 3. The molecule has 286 valence electrons. The molecule has 1 spiro atoms. The molecule has 11 nitrogen and oxygen atoms in total. The number of aryl methyl sites for hydroxylation is 1. The molecule has 2 saturated heterocycles. The van der Waals surface area contributed by atoms with Gasteiger partial charge in [0.15, 0.2) is 0 Å². The first-order valence-corrected chi connectivity index (χ1v) is 18.4. The number of aromatic nitrogens is 2. The van der Waals surface area contributed by atoms with E-state index in [4.69, 9.17) is 20.1 Å². The van der Waals surface area contributed by atoms with Gasteiger partial charge in [-0.05, 0) is 118 Å². The number of imidazole rings is 1. The lowest BCUT2D eigenvalue weighted by molar-refractivity contribution is -0.117. The van der Waals surface area contributed by atoms with Gasteiger partial charge in [-0.25, -0.2) is 13.8 Å². The fourth-order valence-electron chi connectivity index (χ4n) is 7.09. The van der Waals surface area contributed by atoms with E-state index in [1.165, 1.54) is 18.6 Å². The first-order chi connectivity index (χ1) is 26.7. The predicted octanol–water partition coefficient (Wildman–Crippen LogP) is 6.57. The van der Waals surface area contributed by atoms with Gasteiger partial charge in [0.2, 0.25) is 5.91 Å². The van der Waals surface area contributed by atoms with Crippen molar-refractivity contribution >= 4 is 40.9 Å². The van der Waals surface area contributed by atoms with Crippen molar-refractivity contribution in [3.63, 3.8) is 0 Å². The quantitative estimate of drug-likeness (QED) is 0.130. The number of likely N-dealkylation sites (tertiary alicyclic amines) is 1. The van der Waals surface area contributed by atoms with Gasteiger partial charge in [0.25, 0.3) is 5.91 Å². The number of halogens is 2. The number of aliphatic imine (C=N–C) groups is 1. The van der Waals surface area contributed by atoms with Crippen molar-refractivity contribution in [1.82, 2.24) is 14.5 Å². The average molecular weight is 750 g/mol. The first-order valence-electron chi connectivity index (χ1n) is 18.4. The highest BCUT2D eigenvalue weighted by Crippen LogP contribution is 2.56. The predicted molar refractivity (Wildman–Crippen MR) is 208 cm³/mol. The summed E-state index contributed by atoms with van der Waals surface area (Å²) in [6.45, 7) is 8.13. The Labute approximate surface area is 319 Å². The van der Waals surface area contributed by atoms with Gasteiger partial charge >= 0.3 is 0 Å². The van der Waals surface area contributed by atoms with Crippen molar-refractivity contribution in [2.24, 2.45) is 18.0 Å². The summed E-state index contributed by atoms with van der Waals surface area (Å²) in [5, 5.41) is 21.4. The molecule has 13 heteroatoms. The monoisotopic (exact) mass is 749 g/mol. The highest BCUT2D eigenvalue weighted by Gasteiger charge is 2.57. The standard InChI is InChI=1S/C38H35F2N7O2.C3H6O.CH4O/c1-42-31(6-4-3-5-24-8-7-23(21-41)17-29(24)39)25-11-15-47(16-12-25)22-34-44-32-18-26(9-10-33(32)46(34)2)36(48)43-27-19-28-35(30(40)20-27)45-37(49)38(28)13-14-38;1-2-4-3-1;1-2/h3-4,6-10,17-20,25H,1,5,11-16,22H2,2H3,(H,43,48)(H,45,49);1-3H2;2H,1H3/b4-3-,31-6-;;. The van der Waals surface area contributed by atoms with E-state index in [9.17, 15) is 18.4 Å². The van der Waals surface area contributed by atoms with Crippen LogP contribution in [0.5, 0.6) is 0 Å². The molecule has 1 aromatic heterocycles. The number of aliphatic hydroxyl groups is 1. The van der Waals surface area contributed by atoms with Crippen LogP contribution in [-0.2, 0) is 35.0 Å². The summed E-state index contributed by atoms with van der Waals surface area (Å²) in [7, 11) is 2.96. The van der Waals surface area contributed by atoms with Gasteiger partial charge < -0.3 is 25.0 Å². The van der Waals surface area contributed by atoms with Crippen LogP contribution in [0.3, 0.4) is 0 Å². The molecule has 3 fully saturated rings. The maximum absolute atomic E-state index is 14.8. The number of nitrogens with one attached hydrogen (secondary N) is 2. The summed E-state index contributed by atoms with van der Waals surface area (Å²) < 4.78 is 35.7. The normalized spacial score (nSPS) is 17.3. The molecule has 3 N–H and O–H groups in total. The van der Waals surface area contributed by atoms with Crippen molar-refractivity contribution in [3.8, 4) is 6.07 Å². The zero-order chi connectivity index (χ0) is 39.1. The van der Waals surface area contributed by atoms with E-state index in [0.717, 1.165) is 63.3 Å². The smallest absolute Gasteiger partial charge is 0.255 e. The summed E-state index contributed by atoms with van der Waals surface area (Å²) in [4.78, 5) is 37.1. The molecule has 0 unspecified atom stereocenters. The fraction of sp³-hybridized carbons (Fsp3) is 0.357. The Kier molecular flexibility index (Phi) is 12.3. The largest absolute Gasteiger partial charge is 0.400 e. The molecule has 1 saturated carbocycles. The number of amides is 2. The van der Waals surface area contributed by atoms with Crippen molar-refractivity contribution in [2.45, 2.75) is 50.5 Å². The van der Waals surface area contributed by atoms with Gasteiger partial charge in [-0.3, -0.25) is 19.5 Å². The van der Waals surface area contributed by atoms with Crippen LogP contribution in [0, 0.1) is 28.9 Å². The second-order valence-electron chi connectivity index (χ2n) is 14.0. The third-order valence-corrected chi connectivity index (χ3v) is 10.6. The maximum Gasteiger partial charge on any atom is 0.255 e. The van der Waals surface area contributed by atoms with Gasteiger partial charge in [-0.1, -0.05) is 18.2 Å². The SMILES string of the molecule is C1COC1.C=N/C(=C\C=C/Cc1ccc(C#N)cc1F)C1CCN(Cc2nc3cc(C(=O)Nc4cc(F)c5c(c4)C4(CC4)C(=O)N5)ccc3n2C)CC1.CO. The molecule has 3 aliphatic heterocycles. The van der Waals surface area contributed by atoms with E-state index in [2.05, 4.69) is 27.2 Å². The minimum absolute atomic E-state index is 0.179. The zero-order valence-corrected chi connectivity index (χ0v) is 31.1. The first kappa shape index (κ1) is 39.2. The van der Waals surface area contributed by atoms with E-state index in [1.807, 2.05) is 42.0 Å². The number of allylic oxidation sites excluding steroid dienone is 4. The number of piperidine rings is 1. The van der Waals surface area contributed by atoms with Gasteiger partial charge in [0, 0.05) is 50.2 Å². The van der Waals surface area contributed by atoms with Gasteiger partial charge in [0.1, 0.15) is 17.5 Å². The Balaban J connectivity index is 0.000000794. The Morgan fingerprint density at radius 1 is 1.15 bits per heavy atom. The number of rotatable bonds is 9. The number of ether oxygens (including phenoxy) is 1. The van der Waals surface area contributed by atoms with Crippen LogP contribution < -0.4 is 10.6 Å². The summed E-state index contributed by atoms with van der Waals surface area (Å²) >= 11 is 0. The minimum atomic E-state index is -0.661. The lowest BCUT2D eigenvalue weighted by Crippen LogP contribution is -2.34. The van der Waals surface area contributed by atoms with Crippen LogP contribution in [-0.4, -0.2) is 71.5 Å². The molecule has 4 heterocycles. The van der Waals surface area contributed by atoms with Crippen LogP contribution in [0.2, 0.25) is 0 Å². The number of carbonyl (C=O) groups is 2. The Morgan fingerprint density at radius 2 is 1.87 bits per heavy atom. The molecule has 0 atom stereocenters. The Bertz CT molecular complexity index is 2190. The lowest BCUT2D eigenvalue weighted by atomic mass is 9.93. The summed E-state index contributed by atoms with van der Waals surface area (Å²) in [5.74, 6) is -0.360. The van der Waals surface area contributed by atoms with Crippen LogP contribution in [0.1, 0.15) is 65.0 Å². The third-order valence-electron chi connectivity index (χ3n) is 10.6. The second-order valence-corrected chi connectivity index (χ2v) is 14.0. The fourth-order valence-corrected chi connectivity index (χ4v) is 7.09. The molecular weight excluding hydrogens is 705 g/mol. The van der Waals surface area contributed by atoms with Gasteiger partial charge in [0.05, 0.1) is 40.3 Å². The number of nitriles is 1. The van der Waals surface area contributed by atoms with E-state index < -0.39 is 11.2 Å². The number of anilines is 2. The number of carbonyl (C=O) groups excluding carboxylic acids is 2. The topological polar surface area (TPSA) is 145 Å². The van der Waals surface area contributed by atoms with Crippen LogP contribution in [0.4, 0.5) is 20.2 Å². The van der Waals surface area contributed by atoms with Gasteiger partial charge in [-0.2, -0.15) is 5.26 Å². The van der Waals surface area contributed by atoms with Crippen molar-refractivity contribution in [2.75, 3.05) is 44.0 Å². The molecule has 55 heavy (non-hydrogen) atoms. The van der Waals surface area contributed by atoms with E-state index in [-0.39, 0.29) is 29.2 Å². The molecule has 0 bridgehead atoms. The van der Waals surface area contributed by atoms with Crippen LogP contribution in [0.15, 0.2) is 77.4 Å². The van der Waals surface area contributed by atoms with Gasteiger partial charge in [-0.15, -0.1) is 0 Å². The van der Waals surface area contributed by atoms with Crippen molar-refractivity contribution < 1.29 is 28.2 Å². The van der Waals surface area contributed by atoms with Crippen LogP contribution >= 0.6 is 0 Å². The second kappa shape index (κ2) is 17.3. The van der Waals surface area contributed by atoms with Crippen LogP contribution in [0.25, 0.3) is 11.0 Å². The Hall–Kier alpha value is -5.55. The maximum atomic E-state index is 14.8. The molecule has 1 aliphatic carbocycles. The third kappa shape index (κ3) is 8.57. The zero-order valence-electron chi connectivity index (χ0n) is 31.1. The summed E-state index contributed by atoms with van der Waals surface area (Å²) in [5.41, 5.74) is 4.22. The summed E-state index contributed by atoms with van der Waals surface area (Å²) in [6, 6.07) is 14.7. The molecule has 0 radical (unpaired) electrons. The molecule has 2 amide bonds. The number of hydrogen-bond acceptors (Lipinski definition) is 8. The average Bonchev–Trinajstić information content (AvgIpc) is 3.86. The Morgan fingerprint density at radius 3 is 2.51 bits per heavy atom. The molecule has 4 aromatic rings. The minimum Gasteiger partial charge on any atom is -0.400 e.